The van der Waals surface area contributed by atoms with Gasteiger partial charge in [0.15, 0.2) is 0 Å². The third-order valence-electron chi connectivity index (χ3n) is 13.0. The highest BCUT2D eigenvalue weighted by Crippen LogP contribution is 2.34. The molecule has 1 fully saturated rings. The zero-order valence-electron chi connectivity index (χ0n) is 41.2. The van der Waals surface area contributed by atoms with Crippen molar-refractivity contribution >= 4 is 23.5 Å². The summed E-state index contributed by atoms with van der Waals surface area (Å²) in [7, 11) is 1.79. The molecule has 2 rings (SSSR count). The largest absolute Gasteiger partial charge is 0.385 e. The van der Waals surface area contributed by atoms with Gasteiger partial charge in [-0.2, -0.15) is 15.0 Å². The normalized spacial score (nSPS) is 15.2. The number of anilines is 2. The van der Waals surface area contributed by atoms with E-state index in [4.69, 9.17) is 31.3 Å². The highest BCUT2D eigenvalue weighted by molar-refractivity contribution is 6.28. The summed E-state index contributed by atoms with van der Waals surface area (Å²) in [6.07, 6.45) is 47.3. The van der Waals surface area contributed by atoms with Crippen molar-refractivity contribution in [1.82, 2.24) is 20.3 Å². The van der Waals surface area contributed by atoms with Crippen LogP contribution < -0.4 is 15.1 Å². The molecule has 7 nitrogen and oxygen atoms in total. The number of unbranched alkanes of at least 4 members (excludes halogenated alkanes) is 30. The Hall–Kier alpha value is -1.18. The van der Waals surface area contributed by atoms with E-state index in [2.05, 4.69) is 56.7 Å². The molecule has 0 unspecified atom stereocenters. The summed E-state index contributed by atoms with van der Waals surface area (Å²) in [5.41, 5.74) is 0.0240. The molecule has 0 saturated carbocycles. The summed E-state index contributed by atoms with van der Waals surface area (Å²) in [4.78, 5) is 19.7. The van der Waals surface area contributed by atoms with Crippen LogP contribution in [-0.4, -0.2) is 65.4 Å². The summed E-state index contributed by atoms with van der Waals surface area (Å²) < 4.78 is 5.50. The third-order valence-corrected chi connectivity index (χ3v) is 13.2. The zero-order valence-corrected chi connectivity index (χ0v) is 41.9. The van der Waals surface area contributed by atoms with E-state index in [1.54, 1.807) is 7.11 Å². The lowest BCUT2D eigenvalue weighted by molar-refractivity contribution is 0.154. The molecule has 0 amide bonds. The van der Waals surface area contributed by atoms with Gasteiger partial charge < -0.3 is 19.9 Å². The van der Waals surface area contributed by atoms with Gasteiger partial charge in [0, 0.05) is 50.5 Å². The van der Waals surface area contributed by atoms with Crippen molar-refractivity contribution in [2.24, 2.45) is 0 Å². The fraction of sp³-hybridized carbons (Fsp3) is 0.942. The molecule has 1 aromatic heterocycles. The van der Waals surface area contributed by atoms with Gasteiger partial charge in [-0.3, -0.25) is 0 Å². The summed E-state index contributed by atoms with van der Waals surface area (Å²) in [6.45, 7) is 17.4. The van der Waals surface area contributed by atoms with E-state index in [0.29, 0.717) is 17.9 Å². The molecule has 60 heavy (non-hydrogen) atoms. The Bertz CT molecular complexity index is 1080. The van der Waals surface area contributed by atoms with Crippen LogP contribution in [0.25, 0.3) is 0 Å². The molecule has 8 heteroatoms. The number of nitrogens with one attached hydrogen (secondary N) is 1. The molecular formula is C52H101ClN6O. The molecule has 0 radical (unpaired) electrons. The van der Waals surface area contributed by atoms with Crippen LogP contribution in [0.2, 0.25) is 5.28 Å². The van der Waals surface area contributed by atoms with Crippen molar-refractivity contribution in [1.29, 1.82) is 0 Å². The Balaban J connectivity index is 1.89. The maximum Gasteiger partial charge on any atom is 0.231 e. The van der Waals surface area contributed by atoms with Crippen LogP contribution in [0, 0.1) is 0 Å². The molecule has 1 aromatic rings. The number of hydrogen-bond donors (Lipinski definition) is 1. The second-order valence-electron chi connectivity index (χ2n) is 20.3. The minimum atomic E-state index is 0.0120. The van der Waals surface area contributed by atoms with Crippen molar-refractivity contribution in [2.45, 2.75) is 283 Å². The fourth-order valence-electron chi connectivity index (χ4n) is 9.93. The molecule has 0 atom stereocenters. The predicted molar refractivity (Wildman–Crippen MR) is 264 cm³/mol. The zero-order chi connectivity index (χ0) is 43.6. The molecule has 1 aliphatic rings. The van der Waals surface area contributed by atoms with Gasteiger partial charge in [-0.1, -0.05) is 206 Å². The topological polar surface area (TPSA) is 66.4 Å². The number of piperidine rings is 1. The van der Waals surface area contributed by atoms with E-state index < -0.39 is 0 Å². The van der Waals surface area contributed by atoms with E-state index in [1.165, 1.54) is 205 Å². The number of rotatable bonds is 41. The third kappa shape index (κ3) is 27.8. The van der Waals surface area contributed by atoms with Crippen LogP contribution >= 0.6 is 11.6 Å². The second-order valence-corrected chi connectivity index (χ2v) is 20.6. The SMILES string of the molecule is CCCCCCCCCCCCCCCCCCN(CCCCCCCCCCCCCCCCCC)c1nc(Cl)nc(N(CCCOC)C2CC(C)(C)NC(C)(C)C2)n1. The van der Waals surface area contributed by atoms with Crippen LogP contribution in [0.15, 0.2) is 0 Å². The van der Waals surface area contributed by atoms with Gasteiger partial charge >= 0.3 is 0 Å². The monoisotopic (exact) mass is 861 g/mol. The van der Waals surface area contributed by atoms with Crippen LogP contribution in [0.4, 0.5) is 11.9 Å². The average molecular weight is 862 g/mol. The molecule has 0 aliphatic carbocycles. The Morgan fingerprint density at radius 1 is 0.483 bits per heavy atom. The Morgan fingerprint density at radius 3 is 1.17 bits per heavy atom. The highest BCUT2D eigenvalue weighted by Gasteiger charge is 2.40. The number of aromatic nitrogens is 3. The van der Waals surface area contributed by atoms with E-state index in [0.717, 1.165) is 50.8 Å². The minimum absolute atomic E-state index is 0.0120. The first kappa shape index (κ1) is 55.0. The first-order chi connectivity index (χ1) is 29.1. The maximum atomic E-state index is 6.80. The number of halogens is 1. The first-order valence-electron chi connectivity index (χ1n) is 26.3. The van der Waals surface area contributed by atoms with Gasteiger partial charge in [0.2, 0.25) is 17.2 Å². The van der Waals surface area contributed by atoms with E-state index in [-0.39, 0.29) is 11.1 Å². The van der Waals surface area contributed by atoms with Crippen LogP contribution in [0.1, 0.15) is 266 Å². The molecule has 1 aliphatic heterocycles. The smallest absolute Gasteiger partial charge is 0.231 e. The minimum Gasteiger partial charge on any atom is -0.385 e. The van der Waals surface area contributed by atoms with Gasteiger partial charge in [-0.05, 0) is 71.4 Å². The Kier molecular flexibility index (Phi) is 32.2. The summed E-state index contributed by atoms with van der Waals surface area (Å²) in [5.74, 6) is 1.49. The summed E-state index contributed by atoms with van der Waals surface area (Å²) >= 11 is 6.80. The van der Waals surface area contributed by atoms with Crippen molar-refractivity contribution in [3.8, 4) is 0 Å². The summed E-state index contributed by atoms with van der Waals surface area (Å²) in [5, 5.41) is 4.17. The standard InChI is InChI=1S/C52H101ClN6O/c1-8-10-12-14-16-18-20-22-24-26-28-30-32-34-36-38-41-58(42-39-37-35-33-31-29-27-25-23-21-19-17-15-13-11-9-2)49-54-48(53)55-50(56-49)59(43-40-44-60-7)47-45-51(3,4)57-52(5,6)46-47/h47,57H,8-46H2,1-7H3. The van der Waals surface area contributed by atoms with Gasteiger partial charge in [0.1, 0.15) is 0 Å². The van der Waals surface area contributed by atoms with E-state index >= 15 is 0 Å². The van der Waals surface area contributed by atoms with Crippen molar-refractivity contribution in [3.05, 3.63) is 5.28 Å². The van der Waals surface area contributed by atoms with Crippen molar-refractivity contribution in [2.75, 3.05) is 43.2 Å². The van der Waals surface area contributed by atoms with E-state index in [1.807, 2.05) is 0 Å². The van der Waals surface area contributed by atoms with E-state index in [9.17, 15) is 0 Å². The quantitative estimate of drug-likeness (QED) is 0.0658. The van der Waals surface area contributed by atoms with Gasteiger partial charge in [-0.25, -0.2) is 0 Å². The molecule has 0 spiro atoms. The fourth-order valence-corrected chi connectivity index (χ4v) is 10.1. The molecular weight excluding hydrogens is 760 g/mol. The van der Waals surface area contributed by atoms with Crippen LogP contribution in [0.3, 0.4) is 0 Å². The maximum absolute atomic E-state index is 6.80. The van der Waals surface area contributed by atoms with Crippen LogP contribution in [0.5, 0.6) is 0 Å². The Morgan fingerprint density at radius 2 is 0.817 bits per heavy atom. The van der Waals surface area contributed by atoms with Gasteiger partial charge in [0.25, 0.3) is 0 Å². The van der Waals surface area contributed by atoms with Crippen LogP contribution in [-0.2, 0) is 4.74 Å². The second kappa shape index (κ2) is 35.2. The molecule has 1 saturated heterocycles. The van der Waals surface area contributed by atoms with Crippen molar-refractivity contribution < 1.29 is 4.74 Å². The lowest BCUT2D eigenvalue weighted by Crippen LogP contribution is -2.62. The summed E-state index contributed by atoms with van der Waals surface area (Å²) in [6, 6.07) is 0.300. The average Bonchev–Trinajstić information content (AvgIpc) is 3.19. The molecule has 0 bridgehead atoms. The number of ether oxygens (including phenoxy) is 1. The number of methoxy groups -OCH3 is 1. The first-order valence-corrected chi connectivity index (χ1v) is 26.7. The predicted octanol–water partition coefficient (Wildman–Crippen LogP) is 16.0. The van der Waals surface area contributed by atoms with Crippen molar-refractivity contribution in [3.63, 3.8) is 0 Å². The van der Waals surface area contributed by atoms with Gasteiger partial charge in [-0.15, -0.1) is 0 Å². The van der Waals surface area contributed by atoms with Gasteiger partial charge in [0.05, 0.1) is 0 Å². The molecule has 352 valence electrons. The molecule has 2 heterocycles. The Labute approximate surface area is 378 Å². The molecule has 0 aromatic carbocycles. The number of hydrogen-bond acceptors (Lipinski definition) is 7. The lowest BCUT2D eigenvalue weighted by Gasteiger charge is -2.49. The highest BCUT2D eigenvalue weighted by atomic mass is 35.5. The lowest BCUT2D eigenvalue weighted by atomic mass is 9.79. The number of nitrogens with zero attached hydrogens (tertiary/aromatic N) is 5. The molecule has 1 N–H and O–H groups in total.